The highest BCUT2D eigenvalue weighted by Gasteiger charge is 2.35. The van der Waals surface area contributed by atoms with Crippen molar-refractivity contribution in [1.82, 2.24) is 10.2 Å². The lowest BCUT2D eigenvalue weighted by molar-refractivity contribution is -0.139. The Morgan fingerprint density at radius 3 is 2.35 bits per heavy atom. The van der Waals surface area contributed by atoms with E-state index in [0.717, 1.165) is 12.1 Å². The average molecular weight is 442 g/mol. The predicted octanol–water partition coefficient (Wildman–Crippen LogP) is 4.13. The highest BCUT2D eigenvalue weighted by atomic mass is 19.4. The predicted molar refractivity (Wildman–Crippen MR) is 103 cm³/mol. The number of hydrogen-bond donors (Lipinski definition) is 1. The van der Waals surface area contributed by atoms with Gasteiger partial charge in [-0.15, -0.1) is 0 Å². The van der Waals surface area contributed by atoms with Crippen LogP contribution in [0.15, 0.2) is 42.1 Å². The molecule has 2 rings (SSSR count). The maximum absolute atomic E-state index is 14.8. The summed E-state index contributed by atoms with van der Waals surface area (Å²) in [5, 5.41) is 2.30. The van der Waals surface area contributed by atoms with Gasteiger partial charge in [-0.25, -0.2) is 8.78 Å². The zero-order valence-corrected chi connectivity index (χ0v) is 16.8. The van der Waals surface area contributed by atoms with E-state index in [9.17, 15) is 31.5 Å². The Bertz CT molecular complexity index is 1020. The molecule has 0 aliphatic heterocycles. The number of amides is 2. The summed E-state index contributed by atoms with van der Waals surface area (Å²) in [6.45, 7) is 0.412. The van der Waals surface area contributed by atoms with Crippen LogP contribution in [-0.2, 0) is 22.3 Å². The van der Waals surface area contributed by atoms with Gasteiger partial charge in [0, 0.05) is 23.9 Å². The molecule has 10 heteroatoms. The molecule has 0 aliphatic carbocycles. The van der Waals surface area contributed by atoms with Crippen LogP contribution in [0.1, 0.15) is 23.6 Å². The molecule has 0 saturated heterocycles. The van der Waals surface area contributed by atoms with Crippen LogP contribution in [0.25, 0.3) is 5.57 Å². The summed E-state index contributed by atoms with van der Waals surface area (Å²) in [5.74, 6) is -3.07. The van der Waals surface area contributed by atoms with Crippen LogP contribution in [-0.4, -0.2) is 31.4 Å². The minimum absolute atomic E-state index is 0.142. The van der Waals surface area contributed by atoms with Crippen molar-refractivity contribution in [1.29, 1.82) is 0 Å². The molecule has 0 aliphatic rings. The third kappa shape index (κ3) is 5.01. The molecule has 2 aromatic carbocycles. The van der Waals surface area contributed by atoms with Crippen molar-refractivity contribution in [2.24, 2.45) is 0 Å². The number of hydrogen-bond acceptors (Lipinski definition) is 3. The summed E-state index contributed by atoms with van der Waals surface area (Å²) in [7, 11) is 2.48. The number of ether oxygens (including phenoxy) is 1. The van der Waals surface area contributed by atoms with E-state index in [1.165, 1.54) is 39.3 Å². The van der Waals surface area contributed by atoms with Crippen LogP contribution in [0, 0.1) is 11.6 Å². The molecule has 0 fully saturated rings. The summed E-state index contributed by atoms with van der Waals surface area (Å²) in [6, 6.07) is 6.37. The number of carbonyl (C=O) groups excluding carboxylic acids is 2. The number of benzene rings is 2. The third-order valence-electron chi connectivity index (χ3n) is 4.58. The van der Waals surface area contributed by atoms with Crippen LogP contribution in [0.5, 0.6) is 5.75 Å². The standard InChI is InChI=1S/C21H19F5N2O3/c1-12(18(20(30)27-2)13-6-4-9-17(31-3)19(13)23)28(11-29)10-14-15(21(24,25)26)7-5-8-16(14)22/h4-9,11H,10H2,1-3H3,(H,27,30)/b18-12-. The van der Waals surface area contributed by atoms with Gasteiger partial charge in [-0.05, 0) is 25.1 Å². The van der Waals surface area contributed by atoms with Crippen molar-refractivity contribution in [2.45, 2.75) is 19.6 Å². The molecule has 0 spiro atoms. The lowest BCUT2D eigenvalue weighted by Crippen LogP contribution is -2.28. The highest BCUT2D eigenvalue weighted by Crippen LogP contribution is 2.35. The number of rotatable bonds is 7. The van der Waals surface area contributed by atoms with E-state index in [2.05, 4.69) is 5.32 Å². The first-order valence-electron chi connectivity index (χ1n) is 8.89. The Labute approximate surface area is 175 Å². The van der Waals surface area contributed by atoms with Crippen molar-refractivity contribution >= 4 is 17.9 Å². The number of alkyl halides is 3. The summed E-state index contributed by atoms with van der Waals surface area (Å²) < 4.78 is 73.9. The number of halogens is 5. The lowest BCUT2D eigenvalue weighted by Gasteiger charge is -2.24. The van der Waals surface area contributed by atoms with Gasteiger partial charge in [0.15, 0.2) is 11.6 Å². The third-order valence-corrected chi connectivity index (χ3v) is 4.58. The van der Waals surface area contributed by atoms with Crippen molar-refractivity contribution in [2.75, 3.05) is 14.2 Å². The van der Waals surface area contributed by atoms with E-state index in [1.54, 1.807) is 0 Å². The van der Waals surface area contributed by atoms with E-state index in [1.807, 2.05) is 0 Å². The zero-order valence-electron chi connectivity index (χ0n) is 16.8. The fraction of sp³-hybridized carbons (Fsp3) is 0.238. The van der Waals surface area contributed by atoms with Crippen molar-refractivity contribution < 1.29 is 36.3 Å². The van der Waals surface area contributed by atoms with Crippen LogP contribution in [0.3, 0.4) is 0 Å². The minimum atomic E-state index is -4.87. The Morgan fingerprint density at radius 2 is 1.81 bits per heavy atom. The molecule has 0 unspecified atom stereocenters. The van der Waals surface area contributed by atoms with E-state index in [0.29, 0.717) is 11.0 Å². The molecule has 1 N–H and O–H groups in total. The molecule has 2 amide bonds. The molecule has 0 atom stereocenters. The van der Waals surface area contributed by atoms with Crippen molar-refractivity contribution in [3.63, 3.8) is 0 Å². The first kappa shape index (κ1) is 23.8. The number of likely N-dealkylation sites (N-methyl/N-ethyl adjacent to an activating group) is 1. The normalized spacial score (nSPS) is 12.1. The van der Waals surface area contributed by atoms with Crippen LogP contribution in [0.2, 0.25) is 0 Å². The molecule has 0 heterocycles. The van der Waals surface area contributed by atoms with Crippen LogP contribution in [0.4, 0.5) is 22.0 Å². The zero-order chi connectivity index (χ0) is 23.3. The Morgan fingerprint density at radius 1 is 1.16 bits per heavy atom. The monoisotopic (exact) mass is 442 g/mol. The first-order chi connectivity index (χ1) is 14.6. The van der Waals surface area contributed by atoms with E-state index in [-0.39, 0.29) is 29.0 Å². The summed E-state index contributed by atoms with van der Waals surface area (Å²) in [6.07, 6.45) is -4.73. The largest absolute Gasteiger partial charge is 0.494 e. The number of carbonyl (C=O) groups is 2. The van der Waals surface area contributed by atoms with Crippen molar-refractivity contribution in [3.05, 3.63) is 70.4 Å². The fourth-order valence-electron chi connectivity index (χ4n) is 3.00. The highest BCUT2D eigenvalue weighted by molar-refractivity contribution is 6.20. The van der Waals surface area contributed by atoms with Gasteiger partial charge in [0.1, 0.15) is 5.82 Å². The first-order valence-corrected chi connectivity index (χ1v) is 8.89. The van der Waals surface area contributed by atoms with Gasteiger partial charge in [-0.2, -0.15) is 13.2 Å². The van der Waals surface area contributed by atoms with Gasteiger partial charge < -0.3 is 15.0 Å². The average Bonchev–Trinajstić information content (AvgIpc) is 2.73. The molecule has 0 radical (unpaired) electrons. The van der Waals surface area contributed by atoms with E-state index >= 15 is 0 Å². The minimum Gasteiger partial charge on any atom is -0.494 e. The second-order valence-corrected chi connectivity index (χ2v) is 6.36. The quantitative estimate of drug-likeness (QED) is 0.399. The maximum atomic E-state index is 14.8. The topological polar surface area (TPSA) is 58.6 Å². The smallest absolute Gasteiger partial charge is 0.416 e. The SMILES string of the molecule is CNC(=O)/C(=C(/C)N(C=O)Cc1c(F)cccc1C(F)(F)F)c1cccc(OC)c1F. The van der Waals surface area contributed by atoms with Gasteiger partial charge in [0.05, 0.1) is 24.8 Å². The summed E-state index contributed by atoms with van der Waals surface area (Å²) in [5.41, 5.74) is -2.80. The van der Waals surface area contributed by atoms with Gasteiger partial charge in [-0.1, -0.05) is 18.2 Å². The molecule has 0 saturated carbocycles. The molecular formula is C21H19F5N2O3. The Hall–Kier alpha value is -3.43. The molecule has 166 valence electrons. The van der Waals surface area contributed by atoms with Gasteiger partial charge in [-0.3, -0.25) is 9.59 Å². The van der Waals surface area contributed by atoms with E-state index in [4.69, 9.17) is 4.74 Å². The molecule has 31 heavy (non-hydrogen) atoms. The second kappa shape index (κ2) is 9.59. The number of methoxy groups -OCH3 is 1. The summed E-state index contributed by atoms with van der Waals surface area (Å²) in [4.78, 5) is 24.9. The van der Waals surface area contributed by atoms with Crippen LogP contribution < -0.4 is 10.1 Å². The molecular weight excluding hydrogens is 423 g/mol. The molecule has 0 bridgehead atoms. The lowest BCUT2D eigenvalue weighted by atomic mass is 10.0. The van der Waals surface area contributed by atoms with Crippen molar-refractivity contribution in [3.8, 4) is 5.75 Å². The maximum Gasteiger partial charge on any atom is 0.416 e. The number of nitrogens with one attached hydrogen (secondary N) is 1. The number of nitrogens with zero attached hydrogens (tertiary/aromatic N) is 1. The summed E-state index contributed by atoms with van der Waals surface area (Å²) >= 11 is 0. The van der Waals surface area contributed by atoms with Crippen LogP contribution >= 0.6 is 0 Å². The van der Waals surface area contributed by atoms with Gasteiger partial charge >= 0.3 is 6.18 Å². The van der Waals surface area contributed by atoms with Gasteiger partial charge in [0.25, 0.3) is 5.91 Å². The Balaban J connectivity index is 2.67. The molecule has 5 nitrogen and oxygen atoms in total. The molecule has 2 aromatic rings. The Kier molecular flexibility index (Phi) is 7.37. The molecule has 0 aromatic heterocycles. The van der Waals surface area contributed by atoms with Gasteiger partial charge in [0.2, 0.25) is 6.41 Å². The fourth-order valence-corrected chi connectivity index (χ4v) is 3.00. The van der Waals surface area contributed by atoms with E-state index < -0.39 is 41.4 Å². The second-order valence-electron chi connectivity index (χ2n) is 6.36. The number of allylic oxidation sites excluding steroid dienone is 1.